The minimum absolute atomic E-state index is 0.0355. The fourth-order valence-corrected chi connectivity index (χ4v) is 9.21. The summed E-state index contributed by atoms with van der Waals surface area (Å²) in [7, 11) is 8.57. The summed E-state index contributed by atoms with van der Waals surface area (Å²) >= 11 is 0. The van der Waals surface area contributed by atoms with Gasteiger partial charge < -0.3 is 114 Å². The van der Waals surface area contributed by atoms with E-state index in [1.807, 2.05) is 0 Å². The monoisotopic (exact) mass is 1680 g/mol. The number of carbonyl (C=O) groups excluding carboxylic acids is 22. The molecule has 6 heterocycles. The Bertz CT molecular complexity index is 3840. The van der Waals surface area contributed by atoms with Gasteiger partial charge in [0.05, 0.1) is 68.5 Å². The number of amides is 9. The van der Waals surface area contributed by atoms with Crippen LogP contribution in [0.4, 0.5) is 4.79 Å². The average molecular weight is 1680 g/mol. The van der Waals surface area contributed by atoms with Crippen LogP contribution >= 0.6 is 0 Å². The highest BCUT2D eigenvalue weighted by Gasteiger charge is 2.39. The molecule has 7 unspecified atom stereocenters. The van der Waals surface area contributed by atoms with Gasteiger partial charge in [0.25, 0.3) is 12.1 Å². The van der Waals surface area contributed by atoms with E-state index in [0.717, 1.165) is 72.9 Å². The first kappa shape index (κ1) is 102. The molecule has 0 radical (unpaired) electrons. The van der Waals surface area contributed by atoms with E-state index in [1.54, 1.807) is 27.7 Å². The van der Waals surface area contributed by atoms with Crippen molar-refractivity contribution >= 4 is 131 Å². The van der Waals surface area contributed by atoms with Gasteiger partial charge in [0, 0.05) is 158 Å². The van der Waals surface area contributed by atoms with E-state index >= 15 is 0 Å². The molecule has 0 bridgehead atoms. The van der Waals surface area contributed by atoms with Crippen molar-refractivity contribution in [1.82, 2.24) is 57.2 Å². The third-order valence-electron chi connectivity index (χ3n) is 15.1. The Balaban J connectivity index is 0.000000712. The number of hydrogen-bond donors (Lipinski definition) is 8. The molecule has 6 aliphatic rings. The third-order valence-corrected chi connectivity index (χ3v) is 15.1. The van der Waals surface area contributed by atoms with Crippen molar-refractivity contribution in [3.05, 3.63) is 85.3 Å². The molecule has 0 saturated carbocycles. The maximum absolute atomic E-state index is 12.2. The number of nitrogens with one attached hydrogen (secondary N) is 8. The second-order valence-corrected chi connectivity index (χ2v) is 24.8. The first-order chi connectivity index (χ1) is 55.6. The minimum atomic E-state index is -1.12. The summed E-state index contributed by atoms with van der Waals surface area (Å²) in [5, 5.41) is 20.7. The number of ether oxygens (including phenoxy) is 13. The number of esters is 12. The first-order valence-electron chi connectivity index (χ1n) is 35.2. The smallest absolute Gasteiger partial charge is 0.411 e. The summed E-state index contributed by atoms with van der Waals surface area (Å²) in [4.78, 5) is 252. The van der Waals surface area contributed by atoms with Gasteiger partial charge in [0.1, 0.15) is 54.8 Å². The van der Waals surface area contributed by atoms with Crippen LogP contribution in [0.1, 0.15) is 66.7 Å². The molecule has 118 heavy (non-hydrogen) atoms. The fourth-order valence-electron chi connectivity index (χ4n) is 9.21. The maximum Gasteiger partial charge on any atom is 0.411 e. The van der Waals surface area contributed by atoms with Crippen molar-refractivity contribution in [2.75, 3.05) is 122 Å². The molecule has 6 fully saturated rings. The highest BCUT2D eigenvalue weighted by atomic mass is 16.6. The number of ketones is 1. The summed E-state index contributed by atoms with van der Waals surface area (Å²) in [5.41, 5.74) is -0.680. The third kappa shape index (κ3) is 42.4. The van der Waals surface area contributed by atoms with Crippen molar-refractivity contribution in [1.29, 1.82) is 0 Å². The van der Waals surface area contributed by atoms with Crippen LogP contribution in [0.3, 0.4) is 0 Å². The lowest BCUT2D eigenvalue weighted by atomic mass is 10.0. The van der Waals surface area contributed by atoms with Crippen molar-refractivity contribution in [3.63, 3.8) is 0 Å². The fraction of sp³-hybridized carbons (Fsp3) is 0.500. The topological polar surface area (TPSA) is 601 Å². The number of carbonyl (C=O) groups is 22. The predicted octanol–water partition coefficient (Wildman–Crippen LogP) is -5.40. The SMILES string of the molecule is C=C1NC(=O)C(OC(=O)/C=C/C(=O)OC)N1.COC(=O)/C=C/C(=O)OCC1C(=O)NC(C)C(=O)N1C.COC(=O)/C=C/C(=O)OCC1NC(=O)CCC1=O.COC(=O)/C=C/C(=O)OCCC1C(=O)NCCN1C(=O)OC(C)(C)C.COC(=O)/C=C/C(=O)OCCC1C(=O)NCCN1C(C)=O.COC(=O)/C=C/C(=O)OCCC1NCCNC1=O. The van der Waals surface area contributed by atoms with Crippen LogP contribution < -0.4 is 42.5 Å². The Hall–Kier alpha value is -13.7. The van der Waals surface area contributed by atoms with Gasteiger partial charge in [0.2, 0.25) is 41.4 Å². The van der Waals surface area contributed by atoms with Gasteiger partial charge in [-0.15, -0.1) is 0 Å². The van der Waals surface area contributed by atoms with Crippen LogP contribution in [0.25, 0.3) is 0 Å². The lowest BCUT2D eigenvalue weighted by Gasteiger charge is -2.35. The number of piperazine rings is 4. The molecular weight excluding hydrogens is 1580 g/mol. The summed E-state index contributed by atoms with van der Waals surface area (Å²) in [6.07, 6.45) is 10.3. The van der Waals surface area contributed by atoms with E-state index in [9.17, 15) is 105 Å². The first-order valence-corrected chi connectivity index (χ1v) is 35.2. The van der Waals surface area contributed by atoms with Crippen molar-refractivity contribution < 1.29 is 167 Å². The van der Waals surface area contributed by atoms with Gasteiger partial charge in [-0.05, 0) is 27.7 Å². The number of rotatable bonds is 26. The number of hydrogen-bond acceptors (Lipinski definition) is 37. The molecule has 46 nitrogen and oxygen atoms in total. The molecule has 46 heteroatoms. The van der Waals surface area contributed by atoms with E-state index in [1.165, 1.54) is 71.3 Å². The molecular formula is C72H97N11O35. The average Bonchev–Trinajstić information content (AvgIpc) is 1.06. The zero-order valence-electron chi connectivity index (χ0n) is 66.6. The minimum Gasteiger partial charge on any atom is -0.466 e. The number of Topliss-reactive ketones (excluding diaryl/α,β-unsaturated/α-hetero) is 1. The standard InChI is InChI=1S/C16H24N2O7.C13H18N2O6.C12H16N2O6.C11H16N2O5.C11H13NO6.C9H10N2O5/c1-16(2,3)25-15(22)18-9-8-17-14(21)11(18)7-10-24-13(20)6-5-12(19)23-4;1-9(16)15-7-6-14-13(19)10(15)5-8-21-12(18)4-3-11(17)20-2;1-7-12(18)14(2)8(11(17)13-7)6-20-10(16)5-4-9(15)19-3;1-17-9(14)2-3-10(15)18-7-4-8-11(16)13-6-5-12-8;1-17-10(15)4-5-11(16)18-6-7-8(13)2-3-9(14)12-7;1-5-10-8(14)9(11-5)16-7(13)4-3-6(12)15-2/h5-6,11H,7-10H2,1-4H3,(H,17,21);3-4,10H,5-8H2,1-2H3,(H,14,19);4-5,7-8H,6H2,1-3H3,(H,13,17);2-3,8,12H,4-7H2,1H3,(H,13,16);4-5,7H,2-3,6H2,1H3,(H,12,14);3-4,9,11H,1H2,2H3,(H,10,14)/b6-5+;4-3+;5-4+;3-2+;5-4+;4-3+. The highest BCUT2D eigenvalue weighted by molar-refractivity contribution is 5.99. The van der Waals surface area contributed by atoms with E-state index in [-0.39, 0.29) is 112 Å². The van der Waals surface area contributed by atoms with Crippen molar-refractivity contribution in [2.45, 2.75) is 115 Å². The molecule has 0 aromatic carbocycles. The molecule has 6 aliphatic heterocycles. The van der Waals surface area contributed by atoms with E-state index < -0.39 is 132 Å². The summed E-state index contributed by atoms with van der Waals surface area (Å²) in [5.74, 6) is -10.8. The van der Waals surface area contributed by atoms with E-state index in [2.05, 4.69) is 82.3 Å². The van der Waals surface area contributed by atoms with Gasteiger partial charge in [-0.1, -0.05) is 6.58 Å². The van der Waals surface area contributed by atoms with Crippen LogP contribution in [0, 0.1) is 0 Å². The highest BCUT2D eigenvalue weighted by Crippen LogP contribution is 2.17. The van der Waals surface area contributed by atoms with Gasteiger partial charge in [0.15, 0.2) is 5.78 Å². The second kappa shape index (κ2) is 54.9. The molecule has 0 spiro atoms. The lowest BCUT2D eigenvalue weighted by molar-refractivity contribution is -0.153. The Kier molecular flexibility index (Phi) is 47.6. The zero-order valence-corrected chi connectivity index (χ0v) is 66.6. The quantitative estimate of drug-likeness (QED) is 0.0228. The second-order valence-electron chi connectivity index (χ2n) is 24.8. The number of piperidine rings is 1. The van der Waals surface area contributed by atoms with Gasteiger partial charge in [-0.2, -0.15) is 0 Å². The van der Waals surface area contributed by atoms with Gasteiger partial charge in [-0.25, -0.2) is 62.3 Å². The molecule has 0 aliphatic carbocycles. The Morgan fingerprint density at radius 3 is 1.23 bits per heavy atom. The van der Waals surface area contributed by atoms with Gasteiger partial charge in [-0.3, -0.25) is 48.1 Å². The molecule has 9 amide bonds. The van der Waals surface area contributed by atoms with Crippen molar-refractivity contribution in [3.8, 4) is 0 Å². The normalized spacial score (nSPS) is 19.4. The number of methoxy groups -OCH3 is 6. The molecule has 650 valence electrons. The van der Waals surface area contributed by atoms with Crippen LogP contribution in [0.5, 0.6) is 0 Å². The van der Waals surface area contributed by atoms with Crippen LogP contribution in [-0.2, 0) is 162 Å². The molecule has 0 aromatic rings. The molecule has 0 aromatic heterocycles. The molecule has 7 atom stereocenters. The summed E-state index contributed by atoms with van der Waals surface area (Å²) in [6, 6.07) is -4.06. The van der Waals surface area contributed by atoms with E-state index in [0.29, 0.717) is 45.7 Å². The molecule has 6 saturated heterocycles. The van der Waals surface area contributed by atoms with Crippen LogP contribution in [0.2, 0.25) is 0 Å². The zero-order chi connectivity index (χ0) is 89.2. The lowest BCUT2D eigenvalue weighted by Crippen LogP contribution is -2.62. The Morgan fingerprint density at radius 2 is 0.822 bits per heavy atom. The maximum atomic E-state index is 12.2. The largest absolute Gasteiger partial charge is 0.466 e. The van der Waals surface area contributed by atoms with Crippen molar-refractivity contribution in [2.24, 2.45) is 0 Å². The van der Waals surface area contributed by atoms with E-state index in [4.69, 9.17) is 28.4 Å². The predicted molar refractivity (Wildman–Crippen MR) is 395 cm³/mol. The summed E-state index contributed by atoms with van der Waals surface area (Å²) in [6.45, 7) is 13.8. The van der Waals surface area contributed by atoms with Crippen LogP contribution in [0.15, 0.2) is 85.3 Å². The number of nitrogens with zero attached hydrogens (tertiary/aromatic N) is 3. The molecule has 8 N–H and O–H groups in total. The Morgan fingerprint density at radius 1 is 0.432 bits per heavy atom. The van der Waals surface area contributed by atoms with Gasteiger partial charge >= 0.3 is 77.7 Å². The van der Waals surface area contributed by atoms with Crippen LogP contribution in [-0.4, -0.2) is 316 Å². The number of likely N-dealkylation sites (N-methyl/N-ethyl adjacent to an activating group) is 1. The Labute approximate surface area is 675 Å². The summed E-state index contributed by atoms with van der Waals surface area (Å²) < 4.78 is 60.0. The molecule has 6 rings (SSSR count).